The predicted molar refractivity (Wildman–Crippen MR) is 88.2 cm³/mol. The Hall–Kier alpha value is -2.13. The highest BCUT2D eigenvalue weighted by atomic mass is 32.1. The number of nitrogens with one attached hydrogen (secondary N) is 1. The molecule has 0 aromatic carbocycles. The van der Waals surface area contributed by atoms with Crippen molar-refractivity contribution in [2.75, 3.05) is 5.32 Å². The number of nitriles is 1. The van der Waals surface area contributed by atoms with E-state index in [2.05, 4.69) is 16.5 Å². The highest BCUT2D eigenvalue weighted by molar-refractivity contribution is 7.16. The predicted octanol–water partition coefficient (Wildman–Crippen LogP) is 3.02. The molecule has 2 heterocycles. The summed E-state index contributed by atoms with van der Waals surface area (Å²) in [5.41, 5.74) is 4.43. The summed E-state index contributed by atoms with van der Waals surface area (Å²) in [4.78, 5) is 13.4. The van der Waals surface area contributed by atoms with Crippen molar-refractivity contribution in [3.63, 3.8) is 0 Å². The van der Waals surface area contributed by atoms with Gasteiger partial charge in [0.1, 0.15) is 11.1 Å². The van der Waals surface area contributed by atoms with Crippen molar-refractivity contribution >= 4 is 22.2 Å². The molecule has 2 aromatic heterocycles. The van der Waals surface area contributed by atoms with Crippen LogP contribution in [0.15, 0.2) is 0 Å². The number of carbonyl (C=O) groups excluding carboxylic acids is 1. The van der Waals surface area contributed by atoms with Crippen LogP contribution in [0.25, 0.3) is 0 Å². The maximum absolute atomic E-state index is 12.3. The first-order valence-electron chi connectivity index (χ1n) is 7.20. The molecule has 116 valence electrons. The van der Waals surface area contributed by atoms with Crippen LogP contribution in [0.2, 0.25) is 0 Å². The fourth-order valence-corrected chi connectivity index (χ4v) is 3.73. The maximum Gasteiger partial charge on any atom is 0.229 e. The third-order valence-corrected chi connectivity index (χ3v) is 4.99. The molecular weight excluding hydrogens is 296 g/mol. The van der Waals surface area contributed by atoms with Crippen LogP contribution in [0.5, 0.6) is 0 Å². The third-order valence-electron chi connectivity index (χ3n) is 3.92. The molecule has 2 rings (SSSR count). The maximum atomic E-state index is 12.3. The van der Waals surface area contributed by atoms with E-state index in [9.17, 15) is 10.1 Å². The zero-order valence-electron chi connectivity index (χ0n) is 13.6. The van der Waals surface area contributed by atoms with Gasteiger partial charge in [0.05, 0.1) is 17.7 Å². The van der Waals surface area contributed by atoms with Crippen LogP contribution in [-0.2, 0) is 24.7 Å². The quantitative estimate of drug-likeness (QED) is 0.942. The average Bonchev–Trinajstić information content (AvgIpc) is 2.89. The van der Waals surface area contributed by atoms with Crippen molar-refractivity contribution in [1.82, 2.24) is 9.78 Å². The van der Waals surface area contributed by atoms with Crippen molar-refractivity contribution in [2.45, 2.75) is 40.5 Å². The highest BCUT2D eigenvalue weighted by Gasteiger charge is 2.18. The number of carbonyl (C=O) groups is 1. The Morgan fingerprint density at radius 2 is 2.05 bits per heavy atom. The molecule has 0 saturated heterocycles. The molecule has 0 unspecified atom stereocenters. The van der Waals surface area contributed by atoms with Gasteiger partial charge in [0.15, 0.2) is 0 Å². The lowest BCUT2D eigenvalue weighted by molar-refractivity contribution is -0.115. The Morgan fingerprint density at radius 1 is 1.36 bits per heavy atom. The normalized spacial score (nSPS) is 10.5. The van der Waals surface area contributed by atoms with Crippen molar-refractivity contribution in [1.29, 1.82) is 5.26 Å². The van der Waals surface area contributed by atoms with Crippen molar-refractivity contribution < 1.29 is 4.79 Å². The van der Waals surface area contributed by atoms with E-state index >= 15 is 0 Å². The number of hydrogen-bond acceptors (Lipinski definition) is 4. The van der Waals surface area contributed by atoms with E-state index in [1.54, 1.807) is 4.68 Å². The number of amides is 1. The van der Waals surface area contributed by atoms with Gasteiger partial charge >= 0.3 is 0 Å². The molecule has 0 fully saturated rings. The summed E-state index contributed by atoms with van der Waals surface area (Å²) in [7, 11) is 1.87. The molecule has 1 amide bonds. The number of hydrogen-bond donors (Lipinski definition) is 1. The zero-order chi connectivity index (χ0) is 16.4. The molecule has 0 saturated carbocycles. The first-order chi connectivity index (χ1) is 10.4. The van der Waals surface area contributed by atoms with Crippen LogP contribution in [0.1, 0.15) is 39.9 Å². The number of anilines is 1. The second-order valence-corrected chi connectivity index (χ2v) is 6.53. The van der Waals surface area contributed by atoms with Crippen molar-refractivity contribution in [3.8, 4) is 6.07 Å². The Labute approximate surface area is 134 Å². The average molecular weight is 316 g/mol. The molecule has 0 radical (unpaired) electrons. The third kappa shape index (κ3) is 2.90. The SMILES string of the molecule is CCc1c(C)sc(NC(=O)Cc2c(C)nn(C)c2C)c1C#N. The molecule has 0 aliphatic heterocycles. The van der Waals surface area contributed by atoms with E-state index in [0.717, 1.165) is 33.8 Å². The van der Waals surface area contributed by atoms with Crippen LogP contribution in [-0.4, -0.2) is 15.7 Å². The number of aromatic nitrogens is 2. The monoisotopic (exact) mass is 316 g/mol. The van der Waals surface area contributed by atoms with Crippen molar-refractivity contribution in [2.24, 2.45) is 7.05 Å². The number of nitrogens with zero attached hydrogens (tertiary/aromatic N) is 3. The summed E-state index contributed by atoms with van der Waals surface area (Å²) in [5, 5.41) is 17.2. The fraction of sp³-hybridized carbons (Fsp3) is 0.438. The van der Waals surface area contributed by atoms with Gasteiger partial charge in [-0.1, -0.05) is 6.92 Å². The molecule has 0 bridgehead atoms. The van der Waals surface area contributed by atoms with Gasteiger partial charge in [-0.25, -0.2) is 0 Å². The smallest absolute Gasteiger partial charge is 0.229 e. The minimum atomic E-state index is -0.111. The van der Waals surface area contributed by atoms with E-state index in [1.807, 2.05) is 34.7 Å². The minimum Gasteiger partial charge on any atom is -0.316 e. The topological polar surface area (TPSA) is 70.7 Å². The summed E-state index contributed by atoms with van der Waals surface area (Å²) in [6.45, 7) is 7.86. The molecule has 5 nitrogen and oxygen atoms in total. The molecule has 22 heavy (non-hydrogen) atoms. The van der Waals surface area contributed by atoms with Gasteiger partial charge in [-0.05, 0) is 32.8 Å². The summed E-state index contributed by atoms with van der Waals surface area (Å²) in [6.07, 6.45) is 1.07. The van der Waals surface area contributed by atoms with Gasteiger partial charge in [0.25, 0.3) is 0 Å². The van der Waals surface area contributed by atoms with Gasteiger partial charge in [-0.2, -0.15) is 10.4 Å². The van der Waals surface area contributed by atoms with E-state index in [1.165, 1.54) is 11.3 Å². The van der Waals surface area contributed by atoms with Gasteiger partial charge < -0.3 is 5.32 Å². The number of rotatable bonds is 4. The number of aryl methyl sites for hydroxylation is 3. The lowest BCUT2D eigenvalue weighted by atomic mass is 10.1. The van der Waals surface area contributed by atoms with Crippen LogP contribution in [0, 0.1) is 32.1 Å². The van der Waals surface area contributed by atoms with Crippen LogP contribution >= 0.6 is 11.3 Å². The summed E-state index contributed by atoms with van der Waals surface area (Å²) in [6, 6.07) is 2.21. The summed E-state index contributed by atoms with van der Waals surface area (Å²) >= 11 is 1.47. The van der Waals surface area contributed by atoms with Crippen LogP contribution < -0.4 is 5.32 Å². The minimum absolute atomic E-state index is 0.111. The molecule has 6 heteroatoms. The molecule has 2 aromatic rings. The van der Waals surface area contributed by atoms with E-state index in [0.29, 0.717) is 10.6 Å². The van der Waals surface area contributed by atoms with Gasteiger partial charge in [0.2, 0.25) is 5.91 Å². The molecule has 0 spiro atoms. The lowest BCUT2D eigenvalue weighted by Gasteiger charge is -2.04. The Balaban J connectivity index is 2.22. The molecule has 1 N–H and O–H groups in total. The van der Waals surface area contributed by atoms with E-state index in [4.69, 9.17) is 0 Å². The van der Waals surface area contributed by atoms with Crippen molar-refractivity contribution in [3.05, 3.63) is 33.0 Å². The lowest BCUT2D eigenvalue weighted by Crippen LogP contribution is -2.15. The zero-order valence-corrected chi connectivity index (χ0v) is 14.4. The van der Waals surface area contributed by atoms with Crippen LogP contribution in [0.3, 0.4) is 0 Å². The first kappa shape index (κ1) is 16.2. The first-order valence-corrected chi connectivity index (χ1v) is 8.01. The summed E-state index contributed by atoms with van der Waals surface area (Å²) in [5.74, 6) is -0.111. The largest absolute Gasteiger partial charge is 0.316 e. The molecule has 0 aliphatic rings. The highest BCUT2D eigenvalue weighted by Crippen LogP contribution is 2.32. The molecule has 0 aliphatic carbocycles. The number of thiophene rings is 1. The summed E-state index contributed by atoms with van der Waals surface area (Å²) < 4.78 is 1.78. The van der Waals surface area contributed by atoms with Gasteiger partial charge in [-0.3, -0.25) is 9.48 Å². The molecule has 0 atom stereocenters. The van der Waals surface area contributed by atoms with Gasteiger partial charge in [-0.15, -0.1) is 11.3 Å². The Kier molecular flexibility index (Phi) is 4.67. The fourth-order valence-electron chi connectivity index (χ4n) is 2.62. The van der Waals surface area contributed by atoms with Crippen LogP contribution in [0.4, 0.5) is 5.00 Å². The standard InChI is InChI=1S/C16H20N4OS/c1-6-12-11(4)22-16(14(12)8-17)18-15(21)7-13-9(2)19-20(5)10(13)3/h6-7H2,1-5H3,(H,18,21). The van der Waals surface area contributed by atoms with E-state index in [-0.39, 0.29) is 12.3 Å². The second kappa shape index (κ2) is 6.32. The Bertz CT molecular complexity index is 764. The van der Waals surface area contributed by atoms with Gasteiger partial charge in [0, 0.05) is 23.2 Å². The second-order valence-electron chi connectivity index (χ2n) is 5.30. The molecular formula is C16H20N4OS. The Morgan fingerprint density at radius 3 is 2.55 bits per heavy atom. The van der Waals surface area contributed by atoms with E-state index < -0.39 is 0 Å².